The minimum atomic E-state index is 0.880. The SMILES string of the molecule is c1ccc(N(CC2CCNCC2)CC2CC2)cc1. The first kappa shape index (κ1) is 12.0. The lowest BCUT2D eigenvalue weighted by molar-refractivity contribution is 0.372. The monoisotopic (exact) mass is 244 g/mol. The van der Waals surface area contributed by atoms with Crippen LogP contribution in [0.2, 0.25) is 0 Å². The summed E-state index contributed by atoms with van der Waals surface area (Å²) in [7, 11) is 0. The molecular formula is C16H24N2. The third kappa shape index (κ3) is 3.26. The highest BCUT2D eigenvalue weighted by Crippen LogP contribution is 2.32. The van der Waals surface area contributed by atoms with E-state index in [9.17, 15) is 0 Å². The first-order valence-electron chi connectivity index (χ1n) is 7.42. The summed E-state index contributed by atoms with van der Waals surface area (Å²) >= 11 is 0. The molecule has 1 saturated carbocycles. The number of hydrogen-bond acceptors (Lipinski definition) is 2. The van der Waals surface area contributed by atoms with Crippen molar-refractivity contribution < 1.29 is 0 Å². The number of rotatable bonds is 5. The zero-order valence-corrected chi connectivity index (χ0v) is 11.1. The fourth-order valence-electron chi connectivity index (χ4n) is 2.91. The second-order valence-corrected chi connectivity index (χ2v) is 5.88. The van der Waals surface area contributed by atoms with Gasteiger partial charge in [-0.3, -0.25) is 0 Å². The van der Waals surface area contributed by atoms with Crippen molar-refractivity contribution in [2.75, 3.05) is 31.1 Å². The van der Waals surface area contributed by atoms with Gasteiger partial charge in [0.15, 0.2) is 0 Å². The molecule has 0 radical (unpaired) electrons. The molecule has 1 aromatic carbocycles. The van der Waals surface area contributed by atoms with Gasteiger partial charge >= 0.3 is 0 Å². The third-order valence-electron chi connectivity index (χ3n) is 4.23. The quantitative estimate of drug-likeness (QED) is 0.857. The van der Waals surface area contributed by atoms with Crippen molar-refractivity contribution in [3.05, 3.63) is 30.3 Å². The number of anilines is 1. The summed E-state index contributed by atoms with van der Waals surface area (Å²) in [4.78, 5) is 2.63. The molecular weight excluding hydrogens is 220 g/mol. The maximum atomic E-state index is 3.46. The maximum Gasteiger partial charge on any atom is 0.0366 e. The molecule has 3 rings (SSSR count). The molecule has 0 bridgehead atoms. The van der Waals surface area contributed by atoms with Crippen LogP contribution in [0.4, 0.5) is 5.69 Å². The lowest BCUT2D eigenvalue weighted by Crippen LogP contribution is -2.37. The van der Waals surface area contributed by atoms with Gasteiger partial charge < -0.3 is 10.2 Å². The molecule has 0 unspecified atom stereocenters. The highest BCUT2D eigenvalue weighted by atomic mass is 15.1. The van der Waals surface area contributed by atoms with Crippen LogP contribution in [0.3, 0.4) is 0 Å². The van der Waals surface area contributed by atoms with Crippen molar-refractivity contribution in [1.29, 1.82) is 0 Å². The fourth-order valence-corrected chi connectivity index (χ4v) is 2.91. The van der Waals surface area contributed by atoms with E-state index in [0.717, 1.165) is 11.8 Å². The van der Waals surface area contributed by atoms with E-state index >= 15 is 0 Å². The van der Waals surface area contributed by atoms with Crippen LogP contribution in [-0.4, -0.2) is 26.2 Å². The van der Waals surface area contributed by atoms with Crippen molar-refractivity contribution in [2.45, 2.75) is 25.7 Å². The topological polar surface area (TPSA) is 15.3 Å². The summed E-state index contributed by atoms with van der Waals surface area (Å²) < 4.78 is 0. The molecule has 1 aliphatic carbocycles. The van der Waals surface area contributed by atoms with Gasteiger partial charge in [-0.2, -0.15) is 0 Å². The number of nitrogens with one attached hydrogen (secondary N) is 1. The van der Waals surface area contributed by atoms with Gasteiger partial charge in [-0.05, 0) is 62.7 Å². The number of benzene rings is 1. The standard InChI is InChI=1S/C16H24N2/c1-2-4-16(5-3-1)18(12-14-6-7-14)13-15-8-10-17-11-9-15/h1-5,14-15,17H,6-13H2. The molecule has 0 atom stereocenters. The summed E-state index contributed by atoms with van der Waals surface area (Å²) in [5.74, 6) is 1.84. The molecule has 18 heavy (non-hydrogen) atoms. The van der Waals surface area contributed by atoms with Gasteiger partial charge in [-0.25, -0.2) is 0 Å². The first-order chi connectivity index (χ1) is 8.92. The molecule has 98 valence electrons. The molecule has 1 aromatic rings. The summed E-state index contributed by atoms with van der Waals surface area (Å²) in [6, 6.07) is 11.0. The molecule has 1 aliphatic heterocycles. The van der Waals surface area contributed by atoms with Crippen molar-refractivity contribution in [1.82, 2.24) is 5.32 Å². The Labute approximate surface area is 110 Å². The van der Waals surface area contributed by atoms with Crippen LogP contribution in [0.25, 0.3) is 0 Å². The average Bonchev–Trinajstić information content (AvgIpc) is 3.24. The smallest absolute Gasteiger partial charge is 0.0366 e. The summed E-state index contributed by atoms with van der Waals surface area (Å²) in [6.45, 7) is 4.93. The van der Waals surface area contributed by atoms with Crippen LogP contribution in [0.1, 0.15) is 25.7 Å². The van der Waals surface area contributed by atoms with E-state index < -0.39 is 0 Å². The molecule has 1 saturated heterocycles. The molecule has 2 fully saturated rings. The Bertz CT molecular complexity index is 353. The van der Waals surface area contributed by atoms with Gasteiger partial charge in [0.25, 0.3) is 0 Å². The molecule has 1 N–H and O–H groups in total. The van der Waals surface area contributed by atoms with Crippen LogP contribution in [0.5, 0.6) is 0 Å². The summed E-state index contributed by atoms with van der Waals surface area (Å²) in [5, 5.41) is 3.46. The lowest BCUT2D eigenvalue weighted by atomic mass is 9.97. The maximum absolute atomic E-state index is 3.46. The molecule has 2 nitrogen and oxygen atoms in total. The first-order valence-corrected chi connectivity index (χ1v) is 7.42. The largest absolute Gasteiger partial charge is 0.371 e. The van der Waals surface area contributed by atoms with Crippen LogP contribution >= 0.6 is 0 Å². The minimum absolute atomic E-state index is 0.880. The molecule has 0 aromatic heterocycles. The van der Waals surface area contributed by atoms with E-state index in [-0.39, 0.29) is 0 Å². The number of piperidine rings is 1. The third-order valence-corrected chi connectivity index (χ3v) is 4.23. The zero-order chi connectivity index (χ0) is 12.2. The average molecular weight is 244 g/mol. The fraction of sp³-hybridized carbons (Fsp3) is 0.625. The van der Waals surface area contributed by atoms with Gasteiger partial charge in [0.2, 0.25) is 0 Å². The lowest BCUT2D eigenvalue weighted by Gasteiger charge is -2.31. The molecule has 2 heteroatoms. The van der Waals surface area contributed by atoms with Crippen LogP contribution < -0.4 is 10.2 Å². The Morgan fingerprint density at radius 1 is 0.889 bits per heavy atom. The highest BCUT2D eigenvalue weighted by molar-refractivity contribution is 5.46. The Kier molecular flexibility index (Phi) is 3.84. The molecule has 2 aliphatic rings. The predicted octanol–water partition coefficient (Wildman–Crippen LogP) is 2.90. The minimum Gasteiger partial charge on any atom is -0.371 e. The number of nitrogens with zero attached hydrogens (tertiary/aromatic N) is 1. The van der Waals surface area contributed by atoms with Gasteiger partial charge in [-0.15, -0.1) is 0 Å². The predicted molar refractivity (Wildman–Crippen MR) is 77.0 cm³/mol. The number of hydrogen-bond donors (Lipinski definition) is 1. The second-order valence-electron chi connectivity index (χ2n) is 5.88. The highest BCUT2D eigenvalue weighted by Gasteiger charge is 2.26. The van der Waals surface area contributed by atoms with Crippen LogP contribution in [-0.2, 0) is 0 Å². The van der Waals surface area contributed by atoms with Gasteiger partial charge in [-0.1, -0.05) is 18.2 Å². The second kappa shape index (κ2) is 5.75. The van der Waals surface area contributed by atoms with Crippen molar-refractivity contribution in [2.24, 2.45) is 11.8 Å². The van der Waals surface area contributed by atoms with Crippen molar-refractivity contribution in [3.8, 4) is 0 Å². The Morgan fingerprint density at radius 2 is 1.50 bits per heavy atom. The van der Waals surface area contributed by atoms with Crippen LogP contribution in [0, 0.1) is 11.8 Å². The van der Waals surface area contributed by atoms with Gasteiger partial charge in [0.1, 0.15) is 0 Å². The van der Waals surface area contributed by atoms with E-state index in [1.807, 2.05) is 0 Å². The Hall–Kier alpha value is -1.02. The van der Waals surface area contributed by atoms with Gasteiger partial charge in [0.05, 0.1) is 0 Å². The van der Waals surface area contributed by atoms with E-state index in [1.54, 1.807) is 0 Å². The zero-order valence-electron chi connectivity index (χ0n) is 11.1. The molecule has 0 spiro atoms. The van der Waals surface area contributed by atoms with Crippen molar-refractivity contribution >= 4 is 5.69 Å². The number of para-hydroxylation sites is 1. The molecule has 0 amide bonds. The Balaban J connectivity index is 1.64. The summed E-state index contributed by atoms with van der Waals surface area (Å²) in [5.41, 5.74) is 1.42. The van der Waals surface area contributed by atoms with Gasteiger partial charge in [0, 0.05) is 18.8 Å². The Morgan fingerprint density at radius 3 is 2.11 bits per heavy atom. The van der Waals surface area contributed by atoms with Crippen molar-refractivity contribution in [3.63, 3.8) is 0 Å². The summed E-state index contributed by atoms with van der Waals surface area (Å²) in [6.07, 6.45) is 5.56. The van der Waals surface area contributed by atoms with E-state index in [0.29, 0.717) is 0 Å². The van der Waals surface area contributed by atoms with E-state index in [2.05, 4.69) is 40.5 Å². The molecule has 1 heterocycles. The van der Waals surface area contributed by atoms with E-state index in [1.165, 1.54) is 57.5 Å². The van der Waals surface area contributed by atoms with E-state index in [4.69, 9.17) is 0 Å². The normalized spacial score (nSPS) is 20.9. The van der Waals surface area contributed by atoms with Crippen LogP contribution in [0.15, 0.2) is 30.3 Å².